The quantitative estimate of drug-likeness (QED) is 0.551. The van der Waals surface area contributed by atoms with E-state index in [1.807, 2.05) is 50.2 Å². The minimum absolute atomic E-state index is 0.116. The molecule has 0 radical (unpaired) electrons. The smallest absolute Gasteiger partial charge is 0.272 e. The van der Waals surface area contributed by atoms with Crippen LogP contribution in [0.15, 0.2) is 65.7 Å². The summed E-state index contributed by atoms with van der Waals surface area (Å²) in [6.45, 7) is 3.81. The van der Waals surface area contributed by atoms with Crippen LogP contribution in [-0.4, -0.2) is 25.5 Å². The minimum atomic E-state index is -0.387. The summed E-state index contributed by atoms with van der Waals surface area (Å²) in [7, 11) is 0. The lowest BCUT2D eigenvalue weighted by atomic mass is 10.1. The van der Waals surface area contributed by atoms with Gasteiger partial charge in [-0.3, -0.25) is 19.7 Å². The largest absolute Gasteiger partial charge is 0.348 e. The molecule has 29 heavy (non-hydrogen) atoms. The maximum Gasteiger partial charge on any atom is 0.272 e. The number of carbonyl (C=O) groups is 1. The Kier molecular flexibility index (Phi) is 4.95. The molecule has 1 aromatic carbocycles. The van der Waals surface area contributed by atoms with E-state index in [-0.39, 0.29) is 23.9 Å². The number of aromatic nitrogens is 4. The zero-order valence-electron chi connectivity index (χ0n) is 16.2. The number of rotatable bonds is 5. The van der Waals surface area contributed by atoms with Gasteiger partial charge in [-0.1, -0.05) is 29.8 Å². The van der Waals surface area contributed by atoms with Crippen molar-refractivity contribution in [2.24, 2.45) is 0 Å². The molecule has 4 rings (SSSR count). The summed E-state index contributed by atoms with van der Waals surface area (Å²) in [5.41, 5.74) is 4.44. The lowest BCUT2D eigenvalue weighted by Gasteiger charge is -2.13. The first-order valence-corrected chi connectivity index (χ1v) is 9.37. The molecule has 0 aliphatic rings. The van der Waals surface area contributed by atoms with E-state index in [0.717, 1.165) is 22.4 Å². The molecule has 1 amide bonds. The Hall–Kier alpha value is -3.74. The van der Waals surface area contributed by atoms with Crippen LogP contribution in [0.4, 0.5) is 0 Å². The third-order valence-corrected chi connectivity index (χ3v) is 4.71. The molecular formula is C22H21N5O2. The Balaban J connectivity index is 1.55. The fraction of sp³-hybridized carbons (Fsp3) is 0.182. The van der Waals surface area contributed by atoms with Gasteiger partial charge in [0.2, 0.25) is 5.91 Å². The Morgan fingerprint density at radius 1 is 1.21 bits per heavy atom. The molecular weight excluding hydrogens is 366 g/mol. The fourth-order valence-corrected chi connectivity index (χ4v) is 3.28. The lowest BCUT2D eigenvalue weighted by molar-refractivity contribution is -0.121. The number of benzene rings is 1. The van der Waals surface area contributed by atoms with E-state index < -0.39 is 0 Å². The Morgan fingerprint density at radius 2 is 2.07 bits per heavy atom. The van der Waals surface area contributed by atoms with E-state index >= 15 is 0 Å². The van der Waals surface area contributed by atoms with Gasteiger partial charge in [-0.15, -0.1) is 0 Å². The summed E-state index contributed by atoms with van der Waals surface area (Å²) in [6.07, 6.45) is 3.68. The highest BCUT2D eigenvalue weighted by Crippen LogP contribution is 2.18. The van der Waals surface area contributed by atoms with Gasteiger partial charge < -0.3 is 5.32 Å². The second-order valence-electron chi connectivity index (χ2n) is 7.08. The highest BCUT2D eigenvalue weighted by molar-refractivity contribution is 5.79. The zero-order valence-corrected chi connectivity index (χ0v) is 16.2. The van der Waals surface area contributed by atoms with Gasteiger partial charge in [0.1, 0.15) is 0 Å². The molecule has 0 unspecified atom stereocenters. The van der Waals surface area contributed by atoms with Crippen molar-refractivity contribution in [3.05, 3.63) is 88.1 Å². The van der Waals surface area contributed by atoms with Crippen LogP contribution in [0.5, 0.6) is 0 Å². The molecule has 4 aromatic rings. The first-order valence-electron chi connectivity index (χ1n) is 9.37. The summed E-state index contributed by atoms with van der Waals surface area (Å²) < 4.78 is 1.38. The van der Waals surface area contributed by atoms with E-state index in [1.165, 1.54) is 10.6 Å². The fourth-order valence-electron chi connectivity index (χ4n) is 3.28. The van der Waals surface area contributed by atoms with E-state index in [2.05, 4.69) is 20.4 Å². The summed E-state index contributed by atoms with van der Waals surface area (Å²) in [6, 6.07) is 14.4. The van der Waals surface area contributed by atoms with Crippen molar-refractivity contribution in [2.45, 2.75) is 26.3 Å². The van der Waals surface area contributed by atoms with Crippen LogP contribution in [0.1, 0.15) is 29.8 Å². The maximum absolute atomic E-state index is 12.5. The van der Waals surface area contributed by atoms with Crippen LogP contribution in [0, 0.1) is 6.92 Å². The normalized spacial score (nSPS) is 12.1. The summed E-state index contributed by atoms with van der Waals surface area (Å²) in [5.74, 6) is -0.116. The number of H-pyrrole nitrogens is 1. The second kappa shape index (κ2) is 7.71. The number of carbonyl (C=O) groups excluding carboxylic acids is 1. The van der Waals surface area contributed by atoms with Crippen molar-refractivity contribution in [1.82, 2.24) is 24.9 Å². The SMILES string of the molecule is Cc1cccc(CC(=O)N[C@H](C)c2cc(=O)n3[nH]c(-c4cccnc4)cc3n2)c1. The predicted molar refractivity (Wildman–Crippen MR) is 110 cm³/mol. The number of nitrogens with one attached hydrogen (secondary N) is 2. The van der Waals surface area contributed by atoms with Crippen molar-refractivity contribution in [1.29, 1.82) is 0 Å². The molecule has 0 bridgehead atoms. The van der Waals surface area contributed by atoms with Crippen LogP contribution in [-0.2, 0) is 11.2 Å². The molecule has 3 aromatic heterocycles. The number of hydrogen-bond donors (Lipinski definition) is 2. The first-order chi connectivity index (χ1) is 14.0. The van der Waals surface area contributed by atoms with Gasteiger partial charge in [-0.05, 0) is 31.5 Å². The van der Waals surface area contributed by atoms with Gasteiger partial charge in [-0.2, -0.15) is 0 Å². The first kappa shape index (κ1) is 18.6. The number of nitrogens with zero attached hydrogens (tertiary/aromatic N) is 3. The van der Waals surface area contributed by atoms with E-state index in [1.54, 1.807) is 18.5 Å². The zero-order chi connectivity index (χ0) is 20.4. The number of pyridine rings is 1. The number of amides is 1. The molecule has 0 aliphatic carbocycles. The highest BCUT2D eigenvalue weighted by atomic mass is 16.1. The average Bonchev–Trinajstić information content (AvgIpc) is 3.13. The Morgan fingerprint density at radius 3 is 2.83 bits per heavy atom. The van der Waals surface area contributed by atoms with Gasteiger partial charge in [0, 0.05) is 30.1 Å². The van der Waals surface area contributed by atoms with Crippen LogP contribution >= 0.6 is 0 Å². The molecule has 0 aliphatic heterocycles. The molecule has 0 saturated carbocycles. The molecule has 3 heterocycles. The lowest BCUT2D eigenvalue weighted by Crippen LogP contribution is -2.30. The van der Waals surface area contributed by atoms with E-state index in [4.69, 9.17) is 0 Å². The van der Waals surface area contributed by atoms with Crippen molar-refractivity contribution in [2.75, 3.05) is 0 Å². The summed E-state index contributed by atoms with van der Waals surface area (Å²) >= 11 is 0. The molecule has 0 fully saturated rings. The standard InChI is InChI=1S/C22H21N5O2/c1-14-5-3-6-16(9-14)10-21(28)24-15(2)18-12-22(29)27-20(25-18)11-19(26-27)17-7-4-8-23-13-17/h3-9,11-13,15,26H,10H2,1-2H3,(H,24,28)/t15-/m1/s1. The topological polar surface area (TPSA) is 92.2 Å². The summed E-state index contributed by atoms with van der Waals surface area (Å²) in [4.78, 5) is 33.6. The maximum atomic E-state index is 12.5. The van der Waals surface area contributed by atoms with Gasteiger partial charge in [-0.25, -0.2) is 9.50 Å². The third kappa shape index (κ3) is 4.08. The molecule has 2 N–H and O–H groups in total. The van der Waals surface area contributed by atoms with Crippen LogP contribution in [0.2, 0.25) is 0 Å². The van der Waals surface area contributed by atoms with Crippen LogP contribution < -0.4 is 10.9 Å². The Bertz CT molecular complexity index is 1230. The minimum Gasteiger partial charge on any atom is -0.348 e. The molecule has 0 saturated heterocycles. The Labute approximate surface area is 167 Å². The van der Waals surface area contributed by atoms with Crippen molar-refractivity contribution in [3.8, 4) is 11.3 Å². The van der Waals surface area contributed by atoms with Crippen molar-refractivity contribution < 1.29 is 4.79 Å². The molecule has 7 nitrogen and oxygen atoms in total. The van der Waals surface area contributed by atoms with E-state index in [0.29, 0.717) is 11.3 Å². The molecule has 7 heteroatoms. The van der Waals surface area contributed by atoms with E-state index in [9.17, 15) is 9.59 Å². The monoisotopic (exact) mass is 387 g/mol. The molecule has 146 valence electrons. The highest BCUT2D eigenvalue weighted by Gasteiger charge is 2.15. The second-order valence-corrected chi connectivity index (χ2v) is 7.08. The number of aryl methyl sites for hydroxylation is 1. The molecule has 0 spiro atoms. The van der Waals surface area contributed by atoms with Gasteiger partial charge in [0.25, 0.3) is 5.56 Å². The number of hydrogen-bond acceptors (Lipinski definition) is 4. The van der Waals surface area contributed by atoms with Gasteiger partial charge in [0.15, 0.2) is 5.65 Å². The van der Waals surface area contributed by atoms with Gasteiger partial charge in [0.05, 0.1) is 23.9 Å². The number of aromatic amines is 1. The summed E-state index contributed by atoms with van der Waals surface area (Å²) in [5, 5.41) is 5.96. The van der Waals surface area contributed by atoms with Crippen LogP contribution in [0.3, 0.4) is 0 Å². The van der Waals surface area contributed by atoms with Crippen molar-refractivity contribution >= 4 is 11.6 Å². The van der Waals surface area contributed by atoms with Gasteiger partial charge >= 0.3 is 0 Å². The number of fused-ring (bicyclic) bond motifs is 1. The predicted octanol–water partition coefficient (Wildman–Crippen LogP) is 2.81. The third-order valence-electron chi connectivity index (χ3n) is 4.71. The molecule has 1 atom stereocenters. The van der Waals surface area contributed by atoms with Crippen LogP contribution in [0.25, 0.3) is 16.9 Å². The average molecular weight is 387 g/mol. The van der Waals surface area contributed by atoms with Crippen molar-refractivity contribution in [3.63, 3.8) is 0 Å².